The number of allylic oxidation sites excluding steroid dienone is 2. The van der Waals surface area contributed by atoms with Crippen molar-refractivity contribution in [2.75, 3.05) is 13.2 Å². The highest BCUT2D eigenvalue weighted by atomic mass is 32.2. The Bertz CT molecular complexity index is 1700. The average molecular weight is 637 g/mol. The third kappa shape index (κ3) is 7.69. The van der Waals surface area contributed by atoms with Crippen molar-refractivity contribution >= 4 is 23.9 Å². The Hall–Kier alpha value is -4.71. The Morgan fingerprint density at radius 1 is 1.16 bits per heavy atom. The molecule has 2 atom stereocenters. The van der Waals surface area contributed by atoms with E-state index in [1.54, 1.807) is 31.2 Å². The monoisotopic (exact) mass is 636 g/mol. The van der Waals surface area contributed by atoms with Crippen molar-refractivity contribution in [2.45, 2.75) is 35.9 Å². The van der Waals surface area contributed by atoms with Crippen LogP contribution < -0.4 is 0 Å². The van der Waals surface area contributed by atoms with Gasteiger partial charge in [-0.1, -0.05) is 24.3 Å². The number of carbonyl (C=O) groups is 1. The highest BCUT2D eigenvalue weighted by Gasteiger charge is 2.47. The van der Waals surface area contributed by atoms with Crippen molar-refractivity contribution < 1.29 is 32.2 Å². The summed E-state index contributed by atoms with van der Waals surface area (Å²) < 4.78 is 63.9. The second kappa shape index (κ2) is 14.4. The number of nitriles is 1. The zero-order chi connectivity index (χ0) is 31.8. The number of rotatable bonds is 10. The standard InChI is InChI=1S/C31H27F3N6O4S/c1-21(45-25-15-42-29(43-16-25)5-3-2-4-23-7-6-22(14-35)12-27(23)33)31(17-40-20-37-18-38-40,26-9-8-24(32)13-28(26)34)44-30(41)39-11-10-36-19-39/h2-13,18-21,25,29H,15-17H2,1H3. The van der Waals surface area contributed by atoms with Crippen molar-refractivity contribution in [3.63, 3.8) is 0 Å². The van der Waals surface area contributed by atoms with Gasteiger partial charge in [-0.2, -0.15) is 10.4 Å². The fourth-order valence-electron chi connectivity index (χ4n) is 4.70. The van der Waals surface area contributed by atoms with Gasteiger partial charge >= 0.3 is 6.09 Å². The third-order valence-electron chi connectivity index (χ3n) is 6.97. The summed E-state index contributed by atoms with van der Waals surface area (Å²) in [4.78, 5) is 21.1. The number of aromatic nitrogens is 5. The number of thioether (sulfide) groups is 1. The Morgan fingerprint density at radius 3 is 2.64 bits per heavy atom. The molecule has 1 aliphatic heterocycles. The lowest BCUT2D eigenvalue weighted by Gasteiger charge is -2.40. The highest BCUT2D eigenvalue weighted by molar-refractivity contribution is 8.00. The Kier molecular flexibility index (Phi) is 10.1. The number of benzene rings is 2. The van der Waals surface area contributed by atoms with Gasteiger partial charge in [0.05, 0.1) is 36.6 Å². The van der Waals surface area contributed by atoms with Gasteiger partial charge in [0.15, 0.2) is 11.9 Å². The summed E-state index contributed by atoms with van der Waals surface area (Å²) in [5.41, 5.74) is -1.16. The molecule has 1 fully saturated rings. The van der Waals surface area contributed by atoms with E-state index in [1.807, 2.05) is 6.07 Å². The number of halogens is 3. The predicted octanol–water partition coefficient (Wildman–Crippen LogP) is 5.48. The van der Waals surface area contributed by atoms with Crippen molar-refractivity contribution in [2.24, 2.45) is 0 Å². The van der Waals surface area contributed by atoms with Crippen LogP contribution in [-0.4, -0.2) is 60.4 Å². The van der Waals surface area contributed by atoms with Gasteiger partial charge in [0, 0.05) is 34.8 Å². The first-order valence-corrected chi connectivity index (χ1v) is 14.6. The van der Waals surface area contributed by atoms with Crippen LogP contribution in [0.5, 0.6) is 0 Å². The molecule has 0 radical (unpaired) electrons. The van der Waals surface area contributed by atoms with Gasteiger partial charge in [-0.25, -0.2) is 37.2 Å². The minimum atomic E-state index is -1.68. The van der Waals surface area contributed by atoms with Gasteiger partial charge in [0.2, 0.25) is 0 Å². The molecule has 0 N–H and O–H groups in total. The first-order chi connectivity index (χ1) is 21.8. The number of carbonyl (C=O) groups excluding carboxylic acids is 1. The van der Waals surface area contributed by atoms with Crippen LogP contribution in [0.25, 0.3) is 6.08 Å². The molecule has 0 amide bonds. The van der Waals surface area contributed by atoms with E-state index in [0.717, 1.165) is 16.7 Å². The lowest BCUT2D eigenvalue weighted by molar-refractivity contribution is -0.146. The van der Waals surface area contributed by atoms with E-state index in [1.165, 1.54) is 72.1 Å². The lowest BCUT2D eigenvalue weighted by Crippen LogP contribution is -2.47. The molecule has 2 aromatic carbocycles. The maximum Gasteiger partial charge on any atom is 0.420 e. The molecule has 1 aliphatic rings. The van der Waals surface area contributed by atoms with E-state index < -0.39 is 40.7 Å². The van der Waals surface area contributed by atoms with Crippen LogP contribution >= 0.6 is 11.8 Å². The second-order valence-corrected chi connectivity index (χ2v) is 11.6. The summed E-state index contributed by atoms with van der Waals surface area (Å²) >= 11 is 1.35. The van der Waals surface area contributed by atoms with Crippen LogP contribution in [0.3, 0.4) is 0 Å². The molecular formula is C31H27F3N6O4S. The Balaban J connectivity index is 1.31. The summed E-state index contributed by atoms with van der Waals surface area (Å²) in [6.45, 7) is 2.14. The molecule has 1 saturated heterocycles. The molecular weight excluding hydrogens is 609 g/mol. The maximum absolute atomic E-state index is 15.5. The van der Waals surface area contributed by atoms with Crippen molar-refractivity contribution in [3.05, 3.63) is 120 Å². The molecule has 5 rings (SSSR count). The van der Waals surface area contributed by atoms with E-state index in [-0.39, 0.29) is 36.1 Å². The number of nitrogens with zero attached hydrogens (tertiary/aromatic N) is 6. The zero-order valence-electron chi connectivity index (χ0n) is 23.9. The molecule has 0 spiro atoms. The van der Waals surface area contributed by atoms with Crippen molar-refractivity contribution in [1.29, 1.82) is 5.26 Å². The normalized spacial score (nSPS) is 18.9. The summed E-state index contributed by atoms with van der Waals surface area (Å²) in [5, 5.41) is 12.1. The molecule has 0 saturated carbocycles. The molecule has 14 heteroatoms. The van der Waals surface area contributed by atoms with Crippen LogP contribution in [0, 0.1) is 28.8 Å². The van der Waals surface area contributed by atoms with Gasteiger partial charge in [-0.3, -0.25) is 0 Å². The third-order valence-corrected chi connectivity index (χ3v) is 8.41. The highest BCUT2D eigenvalue weighted by Crippen LogP contribution is 2.42. The molecule has 4 aromatic rings. The van der Waals surface area contributed by atoms with Gasteiger partial charge in [0.25, 0.3) is 0 Å². The summed E-state index contributed by atoms with van der Waals surface area (Å²) in [7, 11) is 0. The first-order valence-electron chi connectivity index (χ1n) is 13.7. The predicted molar refractivity (Wildman–Crippen MR) is 158 cm³/mol. The molecule has 232 valence electrons. The molecule has 3 heterocycles. The topological polar surface area (TPSA) is 117 Å². The molecule has 10 nitrogen and oxygen atoms in total. The number of ether oxygens (including phenoxy) is 3. The van der Waals surface area contributed by atoms with E-state index in [0.29, 0.717) is 5.56 Å². The van der Waals surface area contributed by atoms with Crippen LogP contribution in [0.4, 0.5) is 18.0 Å². The zero-order valence-corrected chi connectivity index (χ0v) is 24.7. The summed E-state index contributed by atoms with van der Waals surface area (Å²) in [6, 6.07) is 9.20. The van der Waals surface area contributed by atoms with Gasteiger partial charge in [-0.05, 0) is 37.3 Å². The van der Waals surface area contributed by atoms with E-state index in [9.17, 15) is 13.6 Å². The van der Waals surface area contributed by atoms with Gasteiger partial charge < -0.3 is 14.2 Å². The van der Waals surface area contributed by atoms with E-state index in [4.69, 9.17) is 19.5 Å². The minimum absolute atomic E-state index is 0.0446. The van der Waals surface area contributed by atoms with Crippen LogP contribution in [0.1, 0.15) is 23.6 Å². The number of hydrogen-bond acceptors (Lipinski definition) is 9. The molecule has 2 unspecified atom stereocenters. The van der Waals surface area contributed by atoms with Crippen LogP contribution in [0.15, 0.2) is 86.0 Å². The number of hydrogen-bond donors (Lipinski definition) is 0. The van der Waals surface area contributed by atoms with Crippen molar-refractivity contribution in [1.82, 2.24) is 24.3 Å². The van der Waals surface area contributed by atoms with Crippen molar-refractivity contribution in [3.8, 4) is 6.07 Å². The average Bonchev–Trinajstić information content (AvgIpc) is 3.75. The Morgan fingerprint density at radius 2 is 1.98 bits per heavy atom. The maximum atomic E-state index is 15.5. The van der Waals surface area contributed by atoms with Crippen LogP contribution in [0.2, 0.25) is 0 Å². The molecule has 2 aromatic heterocycles. The SMILES string of the molecule is CC(SC1COC(C=CC=Cc2ccc(C#N)cc2F)OC1)C(Cn1cncn1)(OC(=O)n1ccnc1)c1ccc(F)cc1F. The fourth-order valence-corrected chi connectivity index (χ4v) is 6.06. The number of imidazole rings is 1. The van der Waals surface area contributed by atoms with Gasteiger partial charge in [0.1, 0.15) is 36.4 Å². The molecule has 0 bridgehead atoms. The molecule has 0 aliphatic carbocycles. The van der Waals surface area contributed by atoms with Crippen LogP contribution in [-0.2, 0) is 26.4 Å². The largest absolute Gasteiger partial charge is 0.434 e. The fraction of sp³-hybridized carbons (Fsp3) is 0.258. The summed E-state index contributed by atoms with van der Waals surface area (Å²) in [5.74, 6) is -2.18. The quantitative estimate of drug-likeness (QED) is 0.209. The van der Waals surface area contributed by atoms with E-state index >= 15 is 4.39 Å². The van der Waals surface area contributed by atoms with Gasteiger partial charge in [-0.15, -0.1) is 11.8 Å². The van der Waals surface area contributed by atoms with E-state index in [2.05, 4.69) is 15.1 Å². The first kappa shape index (κ1) is 31.7. The lowest BCUT2D eigenvalue weighted by atomic mass is 9.89. The summed E-state index contributed by atoms with van der Waals surface area (Å²) in [6.07, 6.45) is 11.8. The second-order valence-electron chi connectivity index (χ2n) is 9.97. The minimum Gasteiger partial charge on any atom is -0.434 e. The molecule has 45 heavy (non-hydrogen) atoms. The smallest absolute Gasteiger partial charge is 0.420 e. The Labute approximate surface area is 260 Å².